The number of hydrogen-bond donors (Lipinski definition) is 2. The quantitative estimate of drug-likeness (QED) is 0.795. The van der Waals surface area contributed by atoms with E-state index in [0.29, 0.717) is 25.0 Å². The van der Waals surface area contributed by atoms with Gasteiger partial charge < -0.3 is 11.1 Å². The van der Waals surface area contributed by atoms with Crippen molar-refractivity contribution >= 4 is 18.3 Å². The fourth-order valence-electron chi connectivity index (χ4n) is 2.46. The van der Waals surface area contributed by atoms with Crippen LogP contribution in [0.25, 0.3) is 0 Å². The highest BCUT2D eigenvalue weighted by atomic mass is 35.5. The van der Waals surface area contributed by atoms with Crippen molar-refractivity contribution in [2.75, 3.05) is 19.6 Å². The SMILES string of the molecule is CC(C)NC(=O)CN1CCCC(C)C1CN.Cl. The second-order valence-corrected chi connectivity index (χ2v) is 5.12. The molecule has 2 unspecified atom stereocenters. The molecule has 0 saturated carbocycles. The summed E-state index contributed by atoms with van der Waals surface area (Å²) in [7, 11) is 0. The summed E-state index contributed by atoms with van der Waals surface area (Å²) in [6.07, 6.45) is 2.40. The zero-order chi connectivity index (χ0) is 12.1. The Labute approximate surface area is 111 Å². The number of piperidine rings is 1. The number of likely N-dealkylation sites (tertiary alicyclic amines) is 1. The van der Waals surface area contributed by atoms with Gasteiger partial charge in [-0.3, -0.25) is 9.69 Å². The summed E-state index contributed by atoms with van der Waals surface area (Å²) in [5, 5.41) is 2.93. The van der Waals surface area contributed by atoms with E-state index in [1.165, 1.54) is 12.8 Å². The molecule has 0 aromatic rings. The Bertz CT molecular complexity index is 236. The molecule has 1 aliphatic rings. The van der Waals surface area contributed by atoms with E-state index in [-0.39, 0.29) is 24.4 Å². The van der Waals surface area contributed by atoms with Gasteiger partial charge in [0, 0.05) is 18.6 Å². The minimum atomic E-state index is 0. The average molecular weight is 264 g/mol. The number of rotatable bonds is 4. The molecule has 3 N–H and O–H groups in total. The molecular weight excluding hydrogens is 238 g/mol. The van der Waals surface area contributed by atoms with E-state index < -0.39 is 0 Å². The first-order valence-electron chi connectivity index (χ1n) is 6.28. The van der Waals surface area contributed by atoms with E-state index in [1.54, 1.807) is 0 Å². The third kappa shape index (κ3) is 5.23. The number of nitrogens with one attached hydrogen (secondary N) is 1. The summed E-state index contributed by atoms with van der Waals surface area (Å²) in [5.74, 6) is 0.716. The van der Waals surface area contributed by atoms with E-state index in [9.17, 15) is 4.79 Å². The number of carbonyl (C=O) groups is 1. The van der Waals surface area contributed by atoms with E-state index in [1.807, 2.05) is 13.8 Å². The van der Waals surface area contributed by atoms with Crippen molar-refractivity contribution < 1.29 is 4.79 Å². The maximum absolute atomic E-state index is 11.7. The van der Waals surface area contributed by atoms with Gasteiger partial charge in [-0.05, 0) is 39.2 Å². The molecule has 1 amide bonds. The van der Waals surface area contributed by atoms with Crippen molar-refractivity contribution in [1.82, 2.24) is 10.2 Å². The van der Waals surface area contributed by atoms with Crippen LogP contribution in [0.4, 0.5) is 0 Å². The fourth-order valence-corrected chi connectivity index (χ4v) is 2.46. The predicted molar refractivity (Wildman–Crippen MR) is 73.3 cm³/mol. The van der Waals surface area contributed by atoms with Crippen molar-refractivity contribution in [2.45, 2.75) is 45.7 Å². The highest BCUT2D eigenvalue weighted by Gasteiger charge is 2.28. The number of nitrogens with zero attached hydrogens (tertiary/aromatic N) is 1. The normalized spacial score (nSPS) is 25.5. The Morgan fingerprint density at radius 3 is 2.71 bits per heavy atom. The second-order valence-electron chi connectivity index (χ2n) is 5.12. The third-order valence-electron chi connectivity index (χ3n) is 3.27. The van der Waals surface area contributed by atoms with Crippen molar-refractivity contribution in [3.8, 4) is 0 Å². The van der Waals surface area contributed by atoms with Gasteiger partial charge in [0.2, 0.25) is 5.91 Å². The summed E-state index contributed by atoms with van der Waals surface area (Å²) in [4.78, 5) is 13.9. The van der Waals surface area contributed by atoms with Gasteiger partial charge in [0.25, 0.3) is 0 Å². The summed E-state index contributed by atoms with van der Waals surface area (Å²) in [6, 6.07) is 0.581. The molecule has 1 fully saturated rings. The molecular formula is C12H26ClN3O. The van der Waals surface area contributed by atoms with E-state index in [0.717, 1.165) is 6.54 Å². The van der Waals surface area contributed by atoms with Crippen LogP contribution in [-0.2, 0) is 4.79 Å². The van der Waals surface area contributed by atoms with Gasteiger partial charge in [0.1, 0.15) is 0 Å². The van der Waals surface area contributed by atoms with Crippen LogP contribution >= 0.6 is 12.4 Å². The van der Waals surface area contributed by atoms with Crippen molar-refractivity contribution in [2.24, 2.45) is 11.7 Å². The first-order valence-corrected chi connectivity index (χ1v) is 6.28. The second kappa shape index (κ2) is 7.90. The molecule has 0 aliphatic carbocycles. The molecule has 0 radical (unpaired) electrons. The maximum Gasteiger partial charge on any atom is 0.234 e. The van der Waals surface area contributed by atoms with Crippen LogP contribution in [0.3, 0.4) is 0 Å². The van der Waals surface area contributed by atoms with Gasteiger partial charge in [-0.1, -0.05) is 6.92 Å². The minimum absolute atomic E-state index is 0. The molecule has 0 aromatic heterocycles. The third-order valence-corrected chi connectivity index (χ3v) is 3.27. The van der Waals surface area contributed by atoms with Crippen LogP contribution in [0.5, 0.6) is 0 Å². The monoisotopic (exact) mass is 263 g/mol. The lowest BCUT2D eigenvalue weighted by Crippen LogP contribution is -2.52. The molecule has 0 bridgehead atoms. The van der Waals surface area contributed by atoms with Crippen LogP contribution in [0.15, 0.2) is 0 Å². The summed E-state index contributed by atoms with van der Waals surface area (Å²) in [5.41, 5.74) is 5.79. The average Bonchev–Trinajstić information content (AvgIpc) is 2.16. The van der Waals surface area contributed by atoms with Crippen molar-refractivity contribution in [1.29, 1.82) is 0 Å². The van der Waals surface area contributed by atoms with E-state index >= 15 is 0 Å². The van der Waals surface area contributed by atoms with Crippen LogP contribution in [0, 0.1) is 5.92 Å². The van der Waals surface area contributed by atoms with E-state index in [2.05, 4.69) is 17.1 Å². The number of nitrogens with two attached hydrogens (primary N) is 1. The topological polar surface area (TPSA) is 58.4 Å². The van der Waals surface area contributed by atoms with Crippen molar-refractivity contribution in [3.05, 3.63) is 0 Å². The number of halogens is 1. The van der Waals surface area contributed by atoms with Crippen molar-refractivity contribution in [3.63, 3.8) is 0 Å². The maximum atomic E-state index is 11.7. The highest BCUT2D eigenvalue weighted by Crippen LogP contribution is 2.21. The van der Waals surface area contributed by atoms with Gasteiger partial charge in [-0.15, -0.1) is 12.4 Å². The van der Waals surface area contributed by atoms with Crippen LogP contribution in [0.1, 0.15) is 33.6 Å². The Kier molecular flexibility index (Phi) is 7.75. The summed E-state index contributed by atoms with van der Waals surface area (Å²) >= 11 is 0. The first kappa shape index (κ1) is 16.7. The number of hydrogen-bond acceptors (Lipinski definition) is 3. The summed E-state index contributed by atoms with van der Waals surface area (Å²) < 4.78 is 0. The molecule has 0 spiro atoms. The molecule has 1 heterocycles. The lowest BCUT2D eigenvalue weighted by atomic mass is 9.91. The molecule has 4 nitrogen and oxygen atoms in total. The predicted octanol–water partition coefficient (Wildman–Crippen LogP) is 0.992. The van der Waals surface area contributed by atoms with E-state index in [4.69, 9.17) is 5.73 Å². The number of amides is 1. The molecule has 1 rings (SSSR count). The number of carbonyl (C=O) groups excluding carboxylic acids is 1. The lowest BCUT2D eigenvalue weighted by Gasteiger charge is -2.39. The molecule has 1 saturated heterocycles. The lowest BCUT2D eigenvalue weighted by molar-refractivity contribution is -0.123. The molecule has 0 aromatic carbocycles. The fraction of sp³-hybridized carbons (Fsp3) is 0.917. The van der Waals surface area contributed by atoms with Gasteiger partial charge >= 0.3 is 0 Å². The standard InChI is InChI=1S/C12H25N3O.ClH/c1-9(2)14-12(16)8-15-6-4-5-10(3)11(15)7-13;/h9-11H,4-8,13H2,1-3H3,(H,14,16);1H. The van der Waals surface area contributed by atoms with Crippen LogP contribution in [-0.4, -0.2) is 42.5 Å². The Balaban J connectivity index is 0.00000256. The van der Waals surface area contributed by atoms with Gasteiger partial charge in [0.15, 0.2) is 0 Å². The smallest absolute Gasteiger partial charge is 0.234 e. The Morgan fingerprint density at radius 1 is 1.53 bits per heavy atom. The molecule has 102 valence electrons. The van der Waals surface area contributed by atoms with Gasteiger partial charge in [-0.25, -0.2) is 0 Å². The largest absolute Gasteiger partial charge is 0.353 e. The minimum Gasteiger partial charge on any atom is -0.353 e. The molecule has 17 heavy (non-hydrogen) atoms. The highest BCUT2D eigenvalue weighted by molar-refractivity contribution is 5.85. The first-order chi connectivity index (χ1) is 7.54. The zero-order valence-corrected chi connectivity index (χ0v) is 11.9. The zero-order valence-electron chi connectivity index (χ0n) is 11.1. The molecule has 1 aliphatic heterocycles. The van der Waals surface area contributed by atoms with Gasteiger partial charge in [-0.2, -0.15) is 0 Å². The van der Waals surface area contributed by atoms with Gasteiger partial charge in [0.05, 0.1) is 6.54 Å². The molecule has 2 atom stereocenters. The molecule has 5 heteroatoms. The van der Waals surface area contributed by atoms with Crippen LogP contribution in [0.2, 0.25) is 0 Å². The summed E-state index contributed by atoms with van der Waals surface area (Å²) in [6.45, 7) is 8.33. The Morgan fingerprint density at radius 2 is 2.18 bits per heavy atom. The van der Waals surface area contributed by atoms with Crippen LogP contribution < -0.4 is 11.1 Å². The Hall–Kier alpha value is -0.320.